The van der Waals surface area contributed by atoms with Crippen molar-refractivity contribution in [2.24, 2.45) is 11.8 Å². The molecule has 5 N–H and O–H groups in total. The lowest BCUT2D eigenvalue weighted by Gasteiger charge is -2.40. The van der Waals surface area contributed by atoms with Gasteiger partial charge in [0, 0.05) is 18.9 Å². The minimum atomic E-state index is -1.95. The van der Waals surface area contributed by atoms with E-state index in [1.54, 1.807) is 7.05 Å². The summed E-state index contributed by atoms with van der Waals surface area (Å²) >= 11 is 0. The van der Waals surface area contributed by atoms with Crippen LogP contribution in [0.4, 0.5) is 0 Å². The lowest BCUT2D eigenvalue weighted by Crippen LogP contribution is -2.54. The van der Waals surface area contributed by atoms with E-state index >= 15 is 0 Å². The molecule has 1 heterocycles. The molecule has 4 unspecified atom stereocenters. The number of carbonyl (C=O) groups excluding carboxylic acids is 1. The SMILES string of the molecule is CNC1CCC(NC)(OC(=O)C2C(C(=O)O)OC(C(=O)O)C2C(=O)O)CC1. The first kappa shape index (κ1) is 21.1. The molecule has 2 rings (SSSR count). The second-order valence-electron chi connectivity index (χ2n) is 6.77. The second kappa shape index (κ2) is 8.19. The van der Waals surface area contributed by atoms with Crippen LogP contribution in [0.1, 0.15) is 25.7 Å². The Labute approximate surface area is 155 Å². The number of hydrogen-bond acceptors (Lipinski definition) is 8. The number of esters is 1. The van der Waals surface area contributed by atoms with E-state index in [9.17, 15) is 29.4 Å². The van der Waals surface area contributed by atoms with Gasteiger partial charge in [-0.25, -0.2) is 9.59 Å². The number of carbonyl (C=O) groups is 4. The first-order valence-corrected chi connectivity index (χ1v) is 8.58. The van der Waals surface area contributed by atoms with Crippen molar-refractivity contribution < 1.29 is 44.0 Å². The molecule has 0 aromatic carbocycles. The zero-order valence-electron chi connectivity index (χ0n) is 15.0. The maximum atomic E-state index is 12.7. The van der Waals surface area contributed by atoms with Gasteiger partial charge in [-0.05, 0) is 26.9 Å². The Bertz CT molecular complexity index is 615. The van der Waals surface area contributed by atoms with Crippen LogP contribution >= 0.6 is 0 Å². The van der Waals surface area contributed by atoms with Crippen molar-refractivity contribution in [3.8, 4) is 0 Å². The average Bonchev–Trinajstić information content (AvgIpc) is 3.04. The molecule has 152 valence electrons. The molecule has 1 saturated heterocycles. The summed E-state index contributed by atoms with van der Waals surface area (Å²) in [4.78, 5) is 47.0. The van der Waals surface area contributed by atoms with Crippen LogP contribution in [0.5, 0.6) is 0 Å². The van der Waals surface area contributed by atoms with E-state index in [1.165, 1.54) is 0 Å². The summed E-state index contributed by atoms with van der Waals surface area (Å²) in [5.41, 5.74) is -1.07. The molecule has 1 saturated carbocycles. The molecule has 0 amide bonds. The van der Waals surface area contributed by atoms with E-state index in [2.05, 4.69) is 10.6 Å². The molecule has 0 spiro atoms. The van der Waals surface area contributed by atoms with Gasteiger partial charge in [-0.15, -0.1) is 0 Å². The van der Waals surface area contributed by atoms with E-state index in [0.717, 1.165) is 0 Å². The summed E-state index contributed by atoms with van der Waals surface area (Å²) in [6.45, 7) is 0. The van der Waals surface area contributed by atoms with Gasteiger partial charge in [0.25, 0.3) is 0 Å². The summed E-state index contributed by atoms with van der Waals surface area (Å²) in [5.74, 6) is -9.64. The number of carboxylic acid groups (broad SMARTS) is 3. The van der Waals surface area contributed by atoms with Crippen molar-refractivity contribution >= 4 is 23.9 Å². The minimum Gasteiger partial charge on any atom is -0.481 e. The Balaban J connectivity index is 2.26. The van der Waals surface area contributed by atoms with Gasteiger partial charge in [-0.3, -0.25) is 14.9 Å². The molecule has 11 nitrogen and oxygen atoms in total. The van der Waals surface area contributed by atoms with Gasteiger partial charge in [0.2, 0.25) is 0 Å². The molecule has 1 aliphatic heterocycles. The maximum absolute atomic E-state index is 12.7. The Morgan fingerprint density at radius 3 is 1.85 bits per heavy atom. The lowest BCUT2D eigenvalue weighted by atomic mass is 9.85. The van der Waals surface area contributed by atoms with Crippen LogP contribution in [0.15, 0.2) is 0 Å². The highest BCUT2D eigenvalue weighted by molar-refractivity contribution is 5.93. The highest BCUT2D eigenvalue weighted by atomic mass is 16.6. The topological polar surface area (TPSA) is 171 Å². The van der Waals surface area contributed by atoms with Crippen LogP contribution in [0.25, 0.3) is 0 Å². The molecule has 0 radical (unpaired) electrons. The van der Waals surface area contributed by atoms with Gasteiger partial charge in [0.15, 0.2) is 17.9 Å². The van der Waals surface area contributed by atoms with Crippen molar-refractivity contribution in [2.45, 2.75) is 49.7 Å². The first-order chi connectivity index (χ1) is 12.7. The van der Waals surface area contributed by atoms with Crippen LogP contribution in [0, 0.1) is 11.8 Å². The third kappa shape index (κ3) is 4.20. The molecular weight excluding hydrogens is 364 g/mol. The van der Waals surface area contributed by atoms with Crippen LogP contribution in [0.3, 0.4) is 0 Å². The predicted octanol–water partition coefficient (Wildman–Crippen LogP) is -1.14. The molecule has 27 heavy (non-hydrogen) atoms. The summed E-state index contributed by atoms with van der Waals surface area (Å²) in [5, 5.41) is 33.9. The largest absolute Gasteiger partial charge is 0.481 e. The number of nitrogens with one attached hydrogen (secondary N) is 2. The molecule has 11 heteroatoms. The first-order valence-electron chi connectivity index (χ1n) is 8.58. The minimum absolute atomic E-state index is 0.245. The molecule has 2 fully saturated rings. The summed E-state index contributed by atoms with van der Waals surface area (Å²) in [6.07, 6.45) is -1.62. The van der Waals surface area contributed by atoms with Gasteiger partial charge in [0.05, 0.1) is 0 Å². The highest BCUT2D eigenvalue weighted by Gasteiger charge is 2.59. The monoisotopic (exact) mass is 388 g/mol. The zero-order chi connectivity index (χ0) is 20.4. The Morgan fingerprint density at radius 2 is 1.44 bits per heavy atom. The third-order valence-electron chi connectivity index (χ3n) is 5.33. The van der Waals surface area contributed by atoms with E-state index in [-0.39, 0.29) is 6.04 Å². The second-order valence-corrected chi connectivity index (χ2v) is 6.77. The van der Waals surface area contributed by atoms with Crippen molar-refractivity contribution in [2.75, 3.05) is 14.1 Å². The molecular formula is C16H24N2O9. The fourth-order valence-electron chi connectivity index (χ4n) is 3.72. The molecule has 0 bridgehead atoms. The van der Waals surface area contributed by atoms with Crippen LogP contribution < -0.4 is 10.6 Å². The van der Waals surface area contributed by atoms with Gasteiger partial charge in [-0.1, -0.05) is 0 Å². The van der Waals surface area contributed by atoms with Gasteiger partial charge in [-0.2, -0.15) is 0 Å². The smallest absolute Gasteiger partial charge is 0.333 e. The quantitative estimate of drug-likeness (QED) is 0.264. The number of hydrogen-bond donors (Lipinski definition) is 5. The van der Waals surface area contributed by atoms with E-state index in [4.69, 9.17) is 14.6 Å². The fourth-order valence-corrected chi connectivity index (χ4v) is 3.72. The standard InChI is InChI=1S/C16H24N2O9/c1-17-7-3-5-16(18-2,6-4-7)27-15(25)9-8(12(19)20)10(13(21)22)26-11(9)14(23)24/h7-11,17-18H,3-6H2,1-2H3,(H,19,20)(H,21,22)(H,23,24). The van der Waals surface area contributed by atoms with Crippen LogP contribution in [0.2, 0.25) is 0 Å². The Morgan fingerprint density at radius 1 is 0.926 bits per heavy atom. The lowest BCUT2D eigenvalue weighted by molar-refractivity contribution is -0.180. The molecule has 0 aromatic rings. The number of aliphatic carboxylic acids is 3. The zero-order valence-corrected chi connectivity index (χ0v) is 15.0. The van der Waals surface area contributed by atoms with Gasteiger partial charge >= 0.3 is 23.9 Å². The van der Waals surface area contributed by atoms with Crippen molar-refractivity contribution in [3.63, 3.8) is 0 Å². The average molecular weight is 388 g/mol. The third-order valence-corrected chi connectivity index (χ3v) is 5.33. The van der Waals surface area contributed by atoms with Crippen molar-refractivity contribution in [1.29, 1.82) is 0 Å². The normalized spacial score (nSPS) is 36.1. The number of rotatable bonds is 7. The van der Waals surface area contributed by atoms with E-state index < -0.39 is 53.6 Å². The number of carboxylic acids is 3. The molecule has 4 atom stereocenters. The number of ether oxygens (including phenoxy) is 2. The summed E-state index contributed by atoms with van der Waals surface area (Å²) < 4.78 is 10.4. The molecule has 0 aromatic heterocycles. The van der Waals surface area contributed by atoms with E-state index in [0.29, 0.717) is 25.7 Å². The van der Waals surface area contributed by atoms with Crippen molar-refractivity contribution in [1.82, 2.24) is 10.6 Å². The predicted molar refractivity (Wildman–Crippen MR) is 87.7 cm³/mol. The Hall–Kier alpha value is -2.24. The van der Waals surface area contributed by atoms with E-state index in [1.807, 2.05) is 7.05 Å². The van der Waals surface area contributed by atoms with Crippen LogP contribution in [-0.2, 0) is 28.7 Å². The Kier molecular flexibility index (Phi) is 6.39. The fraction of sp³-hybridized carbons (Fsp3) is 0.750. The van der Waals surface area contributed by atoms with Gasteiger partial charge in [0.1, 0.15) is 11.8 Å². The maximum Gasteiger partial charge on any atom is 0.333 e. The summed E-state index contributed by atoms with van der Waals surface area (Å²) in [7, 11) is 3.40. The van der Waals surface area contributed by atoms with Gasteiger partial charge < -0.3 is 30.1 Å². The molecule has 1 aliphatic carbocycles. The highest BCUT2D eigenvalue weighted by Crippen LogP contribution is 2.37. The van der Waals surface area contributed by atoms with Crippen molar-refractivity contribution in [3.05, 3.63) is 0 Å². The van der Waals surface area contributed by atoms with Crippen LogP contribution in [-0.4, -0.2) is 77.3 Å². The summed E-state index contributed by atoms with van der Waals surface area (Å²) in [6, 6.07) is 0.245. The molecule has 2 aliphatic rings.